The van der Waals surface area contributed by atoms with E-state index in [0.717, 1.165) is 4.47 Å². The Morgan fingerprint density at radius 2 is 2.04 bits per heavy atom. The van der Waals surface area contributed by atoms with Crippen LogP contribution in [-0.2, 0) is 11.3 Å². The Balaban J connectivity index is 1.50. The molecule has 0 fully saturated rings. The van der Waals surface area contributed by atoms with E-state index in [2.05, 4.69) is 36.3 Å². The maximum atomic E-state index is 12.6. The highest BCUT2D eigenvalue weighted by Crippen LogP contribution is 2.17. The second kappa shape index (κ2) is 7.73. The summed E-state index contributed by atoms with van der Waals surface area (Å²) < 4.78 is 3.81. The number of rotatable bonds is 5. The summed E-state index contributed by atoms with van der Waals surface area (Å²) in [5.74, 6) is 0.290. The third-order valence-corrected chi connectivity index (χ3v) is 4.64. The van der Waals surface area contributed by atoms with Gasteiger partial charge in [-0.05, 0) is 36.4 Å². The molecular weight excluding hydrogens is 424 g/mol. The van der Waals surface area contributed by atoms with Crippen LogP contribution in [0.1, 0.15) is 6.42 Å². The van der Waals surface area contributed by atoms with Crippen LogP contribution in [0.2, 0.25) is 0 Å². The van der Waals surface area contributed by atoms with Gasteiger partial charge in [0.1, 0.15) is 0 Å². The van der Waals surface area contributed by atoms with Gasteiger partial charge in [0.2, 0.25) is 5.91 Å². The number of anilines is 1. The van der Waals surface area contributed by atoms with Crippen LogP contribution in [0.25, 0.3) is 16.7 Å². The number of aryl methyl sites for hydroxylation is 1. The molecule has 0 bridgehead atoms. The largest absolute Gasteiger partial charge is 0.323 e. The Labute approximate surface area is 168 Å². The van der Waals surface area contributed by atoms with Gasteiger partial charge in [0, 0.05) is 36.0 Å². The maximum absolute atomic E-state index is 12.6. The number of carbonyl (C=O) groups is 1. The average molecular weight is 439 g/mol. The van der Waals surface area contributed by atoms with Gasteiger partial charge >= 0.3 is 0 Å². The van der Waals surface area contributed by atoms with Crippen molar-refractivity contribution < 1.29 is 4.79 Å². The molecule has 1 amide bonds. The zero-order chi connectivity index (χ0) is 19.5. The number of hydrogen-bond donors (Lipinski definition) is 1. The van der Waals surface area contributed by atoms with Gasteiger partial charge in [-0.2, -0.15) is 5.10 Å². The SMILES string of the molecule is O=C(CCn1cnc2ccc(Br)cc2c1=O)Nc1cccnc1-n1cccn1. The first-order valence-corrected chi connectivity index (χ1v) is 9.31. The third kappa shape index (κ3) is 3.70. The van der Waals surface area contributed by atoms with Gasteiger partial charge < -0.3 is 5.32 Å². The van der Waals surface area contributed by atoms with E-state index in [-0.39, 0.29) is 24.4 Å². The minimum Gasteiger partial charge on any atom is -0.323 e. The van der Waals surface area contributed by atoms with Crippen molar-refractivity contribution in [1.82, 2.24) is 24.3 Å². The predicted octanol–water partition coefficient (Wildman–Crippen LogP) is 2.77. The first-order valence-electron chi connectivity index (χ1n) is 8.51. The van der Waals surface area contributed by atoms with Crippen LogP contribution in [-0.4, -0.2) is 30.2 Å². The Kier molecular flexibility index (Phi) is 4.98. The number of nitrogens with one attached hydrogen (secondary N) is 1. The molecule has 8 nitrogen and oxygen atoms in total. The zero-order valence-corrected chi connectivity index (χ0v) is 16.2. The van der Waals surface area contributed by atoms with Crippen molar-refractivity contribution >= 4 is 38.4 Å². The normalized spacial score (nSPS) is 10.9. The van der Waals surface area contributed by atoms with Crippen molar-refractivity contribution in [3.8, 4) is 5.82 Å². The van der Waals surface area contributed by atoms with E-state index >= 15 is 0 Å². The smallest absolute Gasteiger partial charge is 0.261 e. The molecule has 0 radical (unpaired) electrons. The van der Waals surface area contributed by atoms with Gasteiger partial charge in [-0.25, -0.2) is 14.6 Å². The number of benzene rings is 1. The molecule has 0 atom stereocenters. The molecule has 140 valence electrons. The Morgan fingerprint density at radius 3 is 2.86 bits per heavy atom. The lowest BCUT2D eigenvalue weighted by Gasteiger charge is -2.11. The molecule has 0 spiro atoms. The van der Waals surface area contributed by atoms with Crippen molar-refractivity contribution in [2.24, 2.45) is 0 Å². The van der Waals surface area contributed by atoms with Crippen LogP contribution < -0.4 is 10.9 Å². The number of pyridine rings is 1. The van der Waals surface area contributed by atoms with Gasteiger partial charge in [0.15, 0.2) is 5.82 Å². The zero-order valence-electron chi connectivity index (χ0n) is 14.6. The number of carbonyl (C=O) groups excluding carboxylic acids is 1. The van der Waals surface area contributed by atoms with Crippen molar-refractivity contribution in [1.29, 1.82) is 0 Å². The molecule has 4 rings (SSSR count). The molecule has 4 aromatic rings. The summed E-state index contributed by atoms with van der Waals surface area (Å²) in [5, 5.41) is 7.48. The van der Waals surface area contributed by atoms with E-state index in [4.69, 9.17) is 0 Å². The van der Waals surface area contributed by atoms with E-state index in [9.17, 15) is 9.59 Å². The lowest BCUT2D eigenvalue weighted by Crippen LogP contribution is -2.24. The minimum atomic E-state index is -0.234. The summed E-state index contributed by atoms with van der Waals surface area (Å²) in [6, 6.07) is 10.6. The Hall–Kier alpha value is -3.33. The van der Waals surface area contributed by atoms with E-state index in [1.807, 2.05) is 6.07 Å². The summed E-state index contributed by atoms with van der Waals surface area (Å²) in [6.07, 6.45) is 6.60. The van der Waals surface area contributed by atoms with Crippen molar-refractivity contribution in [3.05, 3.63) is 76.1 Å². The van der Waals surface area contributed by atoms with E-state index < -0.39 is 0 Å². The van der Waals surface area contributed by atoms with Crippen molar-refractivity contribution in [3.63, 3.8) is 0 Å². The molecule has 0 aliphatic rings. The highest BCUT2D eigenvalue weighted by atomic mass is 79.9. The van der Waals surface area contributed by atoms with Crippen molar-refractivity contribution in [2.45, 2.75) is 13.0 Å². The first-order chi connectivity index (χ1) is 13.6. The number of aromatic nitrogens is 5. The molecule has 0 unspecified atom stereocenters. The monoisotopic (exact) mass is 438 g/mol. The second-order valence-electron chi connectivity index (χ2n) is 6.03. The summed E-state index contributed by atoms with van der Waals surface area (Å²) in [4.78, 5) is 33.6. The lowest BCUT2D eigenvalue weighted by molar-refractivity contribution is -0.116. The molecule has 9 heteroatoms. The Bertz CT molecular complexity index is 1200. The van der Waals surface area contributed by atoms with E-state index in [1.54, 1.807) is 53.6 Å². The van der Waals surface area contributed by atoms with Crippen molar-refractivity contribution in [2.75, 3.05) is 5.32 Å². The fraction of sp³-hybridized carbons (Fsp3) is 0.105. The first kappa shape index (κ1) is 18.1. The molecule has 0 saturated heterocycles. The lowest BCUT2D eigenvalue weighted by atomic mass is 10.2. The highest BCUT2D eigenvalue weighted by molar-refractivity contribution is 9.10. The number of nitrogens with zero attached hydrogens (tertiary/aromatic N) is 5. The molecule has 3 heterocycles. The fourth-order valence-corrected chi connectivity index (χ4v) is 3.16. The van der Waals surface area contributed by atoms with Gasteiger partial charge in [0.25, 0.3) is 5.56 Å². The molecule has 0 aliphatic carbocycles. The quantitative estimate of drug-likeness (QED) is 0.516. The van der Waals surface area contributed by atoms with E-state index in [1.165, 1.54) is 10.9 Å². The number of halogens is 1. The summed E-state index contributed by atoms with van der Waals surface area (Å²) >= 11 is 3.36. The second-order valence-corrected chi connectivity index (χ2v) is 6.94. The summed E-state index contributed by atoms with van der Waals surface area (Å²) in [7, 11) is 0. The predicted molar refractivity (Wildman–Crippen MR) is 108 cm³/mol. The topological polar surface area (TPSA) is 94.7 Å². The molecule has 1 aromatic carbocycles. The fourth-order valence-electron chi connectivity index (χ4n) is 2.80. The number of hydrogen-bond acceptors (Lipinski definition) is 5. The molecule has 28 heavy (non-hydrogen) atoms. The van der Waals surface area contributed by atoms with Gasteiger partial charge in [-0.3, -0.25) is 14.2 Å². The third-order valence-electron chi connectivity index (χ3n) is 4.15. The van der Waals surface area contributed by atoms with Crippen LogP contribution in [0.3, 0.4) is 0 Å². The van der Waals surface area contributed by atoms with E-state index in [0.29, 0.717) is 22.4 Å². The molecule has 0 saturated carbocycles. The van der Waals surface area contributed by atoms with Crippen LogP contribution in [0.5, 0.6) is 0 Å². The maximum Gasteiger partial charge on any atom is 0.261 e. The van der Waals surface area contributed by atoms with Gasteiger partial charge in [0.05, 0.1) is 22.9 Å². The van der Waals surface area contributed by atoms with Crippen LogP contribution in [0.4, 0.5) is 5.69 Å². The van der Waals surface area contributed by atoms with Gasteiger partial charge in [-0.15, -0.1) is 0 Å². The molecule has 0 aliphatic heterocycles. The number of amides is 1. The van der Waals surface area contributed by atoms with Crippen LogP contribution in [0, 0.1) is 0 Å². The van der Waals surface area contributed by atoms with Crippen LogP contribution in [0.15, 0.2) is 70.6 Å². The summed E-state index contributed by atoms with van der Waals surface area (Å²) in [5.41, 5.74) is 0.981. The molecule has 1 N–H and O–H groups in total. The standard InChI is InChI=1S/C19H15BrN6O2/c20-13-4-5-15-14(11-13)19(28)25(12-22-15)10-6-17(27)24-16-3-1-7-21-18(16)26-9-2-8-23-26/h1-5,7-9,11-12H,6,10H2,(H,24,27). The average Bonchev–Trinajstić information content (AvgIpc) is 3.23. The molecule has 3 aromatic heterocycles. The number of fused-ring (bicyclic) bond motifs is 1. The highest BCUT2D eigenvalue weighted by Gasteiger charge is 2.11. The summed E-state index contributed by atoms with van der Waals surface area (Å²) in [6.45, 7) is 0.220. The minimum absolute atomic E-state index is 0.120. The van der Waals surface area contributed by atoms with Gasteiger partial charge in [-0.1, -0.05) is 15.9 Å². The molecular formula is C19H15BrN6O2. The Morgan fingerprint density at radius 1 is 1.14 bits per heavy atom. The van der Waals surface area contributed by atoms with Crippen LogP contribution >= 0.6 is 15.9 Å².